The van der Waals surface area contributed by atoms with Crippen molar-refractivity contribution in [1.82, 2.24) is 14.7 Å². The molecule has 1 aromatic carbocycles. The average Bonchev–Trinajstić information content (AvgIpc) is 3.05. The van der Waals surface area contributed by atoms with Gasteiger partial charge in [-0.15, -0.1) is 0 Å². The highest BCUT2D eigenvalue weighted by Crippen LogP contribution is 2.29. The van der Waals surface area contributed by atoms with Gasteiger partial charge in [0, 0.05) is 39.3 Å². The number of carbonyl (C=O) groups is 3. The average molecular weight is 437 g/mol. The maximum absolute atomic E-state index is 13.4. The third-order valence-corrected chi connectivity index (χ3v) is 6.49. The third kappa shape index (κ3) is 4.36. The zero-order valence-electron chi connectivity index (χ0n) is 16.9. The van der Waals surface area contributed by atoms with Crippen LogP contribution in [0.25, 0.3) is 0 Å². The van der Waals surface area contributed by atoms with Crippen molar-refractivity contribution in [3.8, 4) is 0 Å². The van der Waals surface area contributed by atoms with E-state index < -0.39 is 11.9 Å². The third-order valence-electron chi connectivity index (χ3n) is 6.20. The van der Waals surface area contributed by atoms with Crippen LogP contribution in [0, 0.1) is 5.82 Å². The second-order valence-electron chi connectivity index (χ2n) is 8.14. The molecular weight excluding hydrogens is 411 g/mol. The van der Waals surface area contributed by atoms with Crippen molar-refractivity contribution in [2.24, 2.45) is 0 Å². The molecule has 0 unspecified atom stereocenters. The van der Waals surface area contributed by atoms with E-state index in [2.05, 4.69) is 4.90 Å². The van der Waals surface area contributed by atoms with E-state index in [1.54, 1.807) is 0 Å². The number of anilines is 1. The molecule has 3 fully saturated rings. The molecule has 162 valence electrons. The Balaban J connectivity index is 1.33. The van der Waals surface area contributed by atoms with Crippen LogP contribution in [0.3, 0.4) is 0 Å². The normalized spacial score (nSPS) is 24.0. The summed E-state index contributed by atoms with van der Waals surface area (Å²) in [5.74, 6) is -1.03. The van der Waals surface area contributed by atoms with Gasteiger partial charge < -0.3 is 4.90 Å². The van der Waals surface area contributed by atoms with Gasteiger partial charge in [-0.25, -0.2) is 9.29 Å². The topological polar surface area (TPSA) is 64.2 Å². The number of piperidine rings is 1. The zero-order chi connectivity index (χ0) is 21.3. The lowest BCUT2D eigenvalue weighted by Gasteiger charge is -2.37. The first-order valence-corrected chi connectivity index (χ1v) is 10.9. The number of nitrogens with zero attached hydrogens (tertiary/aromatic N) is 4. The maximum atomic E-state index is 13.4. The molecule has 0 aliphatic carbocycles. The first kappa shape index (κ1) is 21.2. The fourth-order valence-electron chi connectivity index (χ4n) is 4.46. The van der Waals surface area contributed by atoms with Crippen molar-refractivity contribution < 1.29 is 18.8 Å². The van der Waals surface area contributed by atoms with E-state index in [4.69, 9.17) is 11.6 Å². The highest BCUT2D eigenvalue weighted by atomic mass is 35.5. The number of halogens is 2. The molecule has 3 aliphatic heterocycles. The van der Waals surface area contributed by atoms with Crippen LogP contribution in [0.1, 0.15) is 25.7 Å². The maximum Gasteiger partial charge on any atom is 0.251 e. The smallest absolute Gasteiger partial charge is 0.251 e. The number of hydrogen-bond acceptors (Lipinski definition) is 5. The zero-order valence-corrected chi connectivity index (χ0v) is 17.6. The van der Waals surface area contributed by atoms with Gasteiger partial charge >= 0.3 is 0 Å². The molecule has 3 saturated heterocycles. The van der Waals surface area contributed by atoms with Gasteiger partial charge in [0.1, 0.15) is 5.82 Å². The number of hydrogen-bond donors (Lipinski definition) is 0. The van der Waals surface area contributed by atoms with Crippen LogP contribution in [0.4, 0.5) is 10.1 Å². The van der Waals surface area contributed by atoms with E-state index in [-0.39, 0.29) is 29.2 Å². The lowest BCUT2D eigenvalue weighted by Crippen LogP contribution is -2.54. The van der Waals surface area contributed by atoms with E-state index in [0.29, 0.717) is 38.4 Å². The molecule has 1 atom stereocenters. The highest BCUT2D eigenvalue weighted by molar-refractivity contribution is 6.31. The van der Waals surface area contributed by atoms with E-state index >= 15 is 0 Å². The Morgan fingerprint density at radius 1 is 1.03 bits per heavy atom. The summed E-state index contributed by atoms with van der Waals surface area (Å²) in [5, 5.41) is -0.122. The number of carbonyl (C=O) groups excluding carboxylic acids is 3. The fourth-order valence-corrected chi connectivity index (χ4v) is 4.64. The van der Waals surface area contributed by atoms with Gasteiger partial charge in [-0.2, -0.15) is 0 Å². The number of rotatable bonds is 4. The Labute approximate surface area is 180 Å². The lowest BCUT2D eigenvalue weighted by molar-refractivity contribution is -0.134. The number of piperazine rings is 1. The molecule has 1 aromatic rings. The number of amides is 3. The second-order valence-corrected chi connectivity index (χ2v) is 8.55. The molecule has 0 aromatic heterocycles. The number of benzene rings is 1. The molecule has 9 heteroatoms. The van der Waals surface area contributed by atoms with Crippen molar-refractivity contribution in [2.75, 3.05) is 50.7 Å². The van der Waals surface area contributed by atoms with Crippen molar-refractivity contribution >= 4 is 35.0 Å². The predicted octanol–water partition coefficient (Wildman–Crippen LogP) is 1.74. The Bertz CT molecular complexity index is 838. The van der Waals surface area contributed by atoms with E-state index in [9.17, 15) is 18.8 Å². The Hall–Kier alpha value is -2.03. The van der Waals surface area contributed by atoms with Crippen LogP contribution >= 0.6 is 11.6 Å². The van der Waals surface area contributed by atoms with Crippen molar-refractivity contribution in [1.29, 1.82) is 0 Å². The molecule has 0 radical (unpaired) electrons. The van der Waals surface area contributed by atoms with E-state index in [0.717, 1.165) is 36.9 Å². The summed E-state index contributed by atoms with van der Waals surface area (Å²) >= 11 is 5.82. The monoisotopic (exact) mass is 436 g/mol. The minimum absolute atomic E-state index is 0.0978. The van der Waals surface area contributed by atoms with Crippen molar-refractivity contribution in [3.05, 3.63) is 29.0 Å². The van der Waals surface area contributed by atoms with Gasteiger partial charge in [0.15, 0.2) is 0 Å². The quantitative estimate of drug-likeness (QED) is 0.673. The summed E-state index contributed by atoms with van der Waals surface area (Å²) in [6.07, 6.45) is 3.44. The van der Waals surface area contributed by atoms with Gasteiger partial charge in [-0.1, -0.05) is 11.6 Å². The molecule has 7 nitrogen and oxygen atoms in total. The molecule has 0 spiro atoms. The van der Waals surface area contributed by atoms with Crippen LogP contribution in [-0.2, 0) is 14.4 Å². The molecule has 3 aliphatic rings. The highest BCUT2D eigenvalue weighted by Gasteiger charge is 2.43. The van der Waals surface area contributed by atoms with Crippen LogP contribution in [-0.4, -0.2) is 84.3 Å². The number of likely N-dealkylation sites (tertiary alicyclic amines) is 1. The van der Waals surface area contributed by atoms with Gasteiger partial charge in [-0.3, -0.25) is 24.2 Å². The SMILES string of the molecule is O=C(CN1CCN([C@H]2CC(=O)N(c3ccc(F)c(Cl)c3)C2=O)CC1)N1CCCCC1. The number of imide groups is 1. The Kier molecular flexibility index (Phi) is 6.36. The first-order valence-electron chi connectivity index (χ1n) is 10.5. The molecule has 3 amide bonds. The molecule has 3 heterocycles. The summed E-state index contributed by atoms with van der Waals surface area (Å²) in [4.78, 5) is 45.1. The predicted molar refractivity (Wildman–Crippen MR) is 111 cm³/mol. The Morgan fingerprint density at radius 3 is 2.40 bits per heavy atom. The van der Waals surface area contributed by atoms with Gasteiger partial charge in [0.25, 0.3) is 5.91 Å². The fraction of sp³-hybridized carbons (Fsp3) is 0.571. The minimum atomic E-state index is -0.591. The summed E-state index contributed by atoms with van der Waals surface area (Å²) in [5.41, 5.74) is 0.296. The summed E-state index contributed by atoms with van der Waals surface area (Å²) in [7, 11) is 0. The molecule has 30 heavy (non-hydrogen) atoms. The van der Waals surface area contributed by atoms with Crippen molar-refractivity contribution in [3.63, 3.8) is 0 Å². The van der Waals surface area contributed by atoms with Crippen LogP contribution in [0.2, 0.25) is 5.02 Å². The van der Waals surface area contributed by atoms with Gasteiger partial charge in [0.2, 0.25) is 11.8 Å². The van der Waals surface area contributed by atoms with Crippen molar-refractivity contribution in [2.45, 2.75) is 31.7 Å². The minimum Gasteiger partial charge on any atom is -0.342 e. The van der Waals surface area contributed by atoms with E-state index in [1.165, 1.54) is 18.6 Å². The molecular formula is C21H26ClFN4O3. The largest absolute Gasteiger partial charge is 0.342 e. The van der Waals surface area contributed by atoms with Crippen LogP contribution in [0.15, 0.2) is 18.2 Å². The summed E-state index contributed by atoms with van der Waals surface area (Å²) in [6, 6.07) is 3.33. The summed E-state index contributed by atoms with van der Waals surface area (Å²) < 4.78 is 13.4. The first-order chi connectivity index (χ1) is 14.4. The summed E-state index contributed by atoms with van der Waals surface area (Å²) in [6.45, 7) is 4.71. The molecule has 4 rings (SSSR count). The Morgan fingerprint density at radius 2 is 1.73 bits per heavy atom. The van der Waals surface area contributed by atoms with Gasteiger partial charge in [0.05, 0.1) is 29.7 Å². The second kappa shape index (κ2) is 8.99. The standard InChI is InChI=1S/C21H26ClFN4O3/c22-16-12-15(4-5-17(16)23)27-19(28)13-18(21(27)30)25-10-8-24(9-11-25)14-20(29)26-6-2-1-3-7-26/h4-5,12,18H,1-3,6-11,13-14H2/t18-/m0/s1. The molecule has 0 bridgehead atoms. The lowest BCUT2D eigenvalue weighted by atomic mass is 10.1. The molecule has 0 N–H and O–H groups in total. The van der Waals surface area contributed by atoms with E-state index in [1.807, 2.05) is 9.80 Å². The molecule has 0 saturated carbocycles. The van der Waals surface area contributed by atoms with Gasteiger partial charge in [-0.05, 0) is 37.5 Å². The van der Waals surface area contributed by atoms with Crippen LogP contribution < -0.4 is 4.90 Å². The van der Waals surface area contributed by atoms with Crippen LogP contribution in [0.5, 0.6) is 0 Å².